The quantitative estimate of drug-likeness (QED) is 0.926. The van der Waals surface area contributed by atoms with Gasteiger partial charge in [-0.05, 0) is 58.0 Å². The molecule has 2 aromatic heterocycles. The van der Waals surface area contributed by atoms with Crippen molar-refractivity contribution >= 4 is 27.3 Å². The molecule has 0 aliphatic heterocycles. The lowest BCUT2D eigenvalue weighted by molar-refractivity contribution is 0.632. The molecule has 1 atom stereocenters. The Morgan fingerprint density at radius 3 is 2.88 bits per heavy atom. The van der Waals surface area contributed by atoms with Gasteiger partial charge in [-0.15, -0.1) is 11.3 Å². The number of pyridine rings is 1. The maximum absolute atomic E-state index is 4.24. The van der Waals surface area contributed by atoms with E-state index in [1.165, 1.54) is 16.0 Å². The molecule has 0 amide bonds. The van der Waals surface area contributed by atoms with E-state index in [2.05, 4.69) is 57.6 Å². The molecule has 0 saturated heterocycles. The molecule has 0 aliphatic rings. The van der Waals surface area contributed by atoms with Crippen LogP contribution in [-0.4, -0.2) is 11.5 Å². The molecule has 17 heavy (non-hydrogen) atoms. The Bertz CT molecular complexity index is 496. The van der Waals surface area contributed by atoms with Crippen LogP contribution in [0.2, 0.25) is 0 Å². The zero-order valence-electron chi connectivity index (χ0n) is 9.90. The summed E-state index contributed by atoms with van der Waals surface area (Å²) in [5, 5.41) is 5.63. The van der Waals surface area contributed by atoms with Gasteiger partial charge in [-0.1, -0.05) is 6.92 Å². The summed E-state index contributed by atoms with van der Waals surface area (Å²) in [6.07, 6.45) is 3.79. The van der Waals surface area contributed by atoms with Crippen molar-refractivity contribution in [3.8, 4) is 0 Å². The van der Waals surface area contributed by atoms with Crippen LogP contribution in [-0.2, 0) is 0 Å². The molecule has 0 aromatic carbocycles. The van der Waals surface area contributed by atoms with Crippen LogP contribution in [0.3, 0.4) is 0 Å². The van der Waals surface area contributed by atoms with Crippen molar-refractivity contribution in [1.82, 2.24) is 10.3 Å². The summed E-state index contributed by atoms with van der Waals surface area (Å²) in [7, 11) is 0. The maximum Gasteiger partial charge on any atom is 0.0700 e. The minimum absolute atomic E-state index is 0.225. The predicted octanol–water partition coefficient (Wildman–Crippen LogP) is 3.91. The number of nitrogens with one attached hydrogen (secondary N) is 1. The molecule has 0 spiro atoms. The Hall–Kier alpha value is -0.710. The van der Waals surface area contributed by atoms with Crippen LogP contribution in [0.15, 0.2) is 34.4 Å². The first-order valence-electron chi connectivity index (χ1n) is 5.60. The van der Waals surface area contributed by atoms with Crippen molar-refractivity contribution < 1.29 is 0 Å². The second kappa shape index (κ2) is 5.76. The minimum Gasteiger partial charge on any atom is -0.306 e. The van der Waals surface area contributed by atoms with Crippen molar-refractivity contribution in [2.24, 2.45) is 0 Å². The van der Waals surface area contributed by atoms with Gasteiger partial charge in [0.05, 0.1) is 6.04 Å². The van der Waals surface area contributed by atoms with E-state index in [0.29, 0.717) is 0 Å². The largest absolute Gasteiger partial charge is 0.306 e. The third-order valence-corrected chi connectivity index (χ3v) is 4.64. The van der Waals surface area contributed by atoms with E-state index in [-0.39, 0.29) is 6.04 Å². The number of nitrogens with zero attached hydrogens (tertiary/aromatic N) is 1. The van der Waals surface area contributed by atoms with Crippen LogP contribution >= 0.6 is 27.3 Å². The smallest absolute Gasteiger partial charge is 0.0700 e. The zero-order chi connectivity index (χ0) is 12.3. The lowest BCUT2D eigenvalue weighted by atomic mass is 10.0. The molecule has 0 saturated carbocycles. The number of halogens is 1. The number of rotatable bonds is 4. The fourth-order valence-electron chi connectivity index (χ4n) is 1.84. The molecule has 2 nitrogen and oxygen atoms in total. The lowest BCUT2D eigenvalue weighted by Gasteiger charge is -2.19. The number of hydrogen-bond donors (Lipinski definition) is 1. The molecule has 2 heterocycles. The Balaban J connectivity index is 2.43. The second-order valence-corrected chi connectivity index (χ2v) is 5.66. The molecule has 0 radical (unpaired) electrons. The van der Waals surface area contributed by atoms with Crippen LogP contribution in [0.1, 0.15) is 29.0 Å². The van der Waals surface area contributed by atoms with Gasteiger partial charge < -0.3 is 5.32 Å². The van der Waals surface area contributed by atoms with Gasteiger partial charge in [0.2, 0.25) is 0 Å². The van der Waals surface area contributed by atoms with E-state index < -0.39 is 0 Å². The standard InChI is InChI=1S/C13H15BrN2S/c1-3-16-12(13-11(14)5-7-17-13)10-8-15-6-4-9(10)2/h4-8,12,16H,3H2,1-2H3. The molecule has 90 valence electrons. The molecular weight excluding hydrogens is 296 g/mol. The van der Waals surface area contributed by atoms with E-state index in [1.54, 1.807) is 11.3 Å². The van der Waals surface area contributed by atoms with Crippen molar-refractivity contribution in [1.29, 1.82) is 0 Å². The van der Waals surface area contributed by atoms with Crippen LogP contribution in [0.25, 0.3) is 0 Å². The second-order valence-electron chi connectivity index (χ2n) is 3.86. The van der Waals surface area contributed by atoms with Crippen molar-refractivity contribution in [3.63, 3.8) is 0 Å². The Morgan fingerprint density at radius 2 is 2.29 bits per heavy atom. The van der Waals surface area contributed by atoms with E-state index in [4.69, 9.17) is 0 Å². The number of thiophene rings is 1. The first-order valence-corrected chi connectivity index (χ1v) is 7.28. The zero-order valence-corrected chi connectivity index (χ0v) is 12.3. The Kier molecular flexibility index (Phi) is 4.31. The molecule has 0 bridgehead atoms. The summed E-state index contributed by atoms with van der Waals surface area (Å²) in [6, 6.07) is 4.38. The minimum atomic E-state index is 0.225. The summed E-state index contributed by atoms with van der Waals surface area (Å²) in [6.45, 7) is 5.19. The van der Waals surface area contributed by atoms with Crippen LogP contribution in [0.5, 0.6) is 0 Å². The normalized spacial score (nSPS) is 12.6. The molecule has 0 aliphatic carbocycles. The first kappa shape index (κ1) is 12.7. The Labute approximate surface area is 114 Å². The summed E-state index contributed by atoms with van der Waals surface area (Å²) in [5.74, 6) is 0. The van der Waals surface area contributed by atoms with Crippen molar-refractivity contribution in [2.75, 3.05) is 6.54 Å². The third-order valence-electron chi connectivity index (χ3n) is 2.71. The highest BCUT2D eigenvalue weighted by molar-refractivity contribution is 9.10. The van der Waals surface area contributed by atoms with Crippen molar-refractivity contribution in [3.05, 3.63) is 50.4 Å². The van der Waals surface area contributed by atoms with Crippen LogP contribution in [0, 0.1) is 6.92 Å². The molecule has 4 heteroatoms. The van der Waals surface area contributed by atoms with Gasteiger partial charge in [-0.2, -0.15) is 0 Å². The van der Waals surface area contributed by atoms with Gasteiger partial charge in [-0.3, -0.25) is 4.98 Å². The molecule has 1 N–H and O–H groups in total. The van der Waals surface area contributed by atoms with Gasteiger partial charge in [0, 0.05) is 21.7 Å². The summed E-state index contributed by atoms with van der Waals surface area (Å²) in [4.78, 5) is 5.55. The average Bonchev–Trinajstić information content (AvgIpc) is 2.74. The van der Waals surface area contributed by atoms with E-state index in [1.807, 2.05) is 12.4 Å². The predicted molar refractivity (Wildman–Crippen MR) is 76.5 cm³/mol. The highest BCUT2D eigenvalue weighted by Gasteiger charge is 2.18. The van der Waals surface area contributed by atoms with Gasteiger partial charge in [0.25, 0.3) is 0 Å². The number of hydrogen-bond acceptors (Lipinski definition) is 3. The summed E-state index contributed by atoms with van der Waals surface area (Å²) in [5.41, 5.74) is 2.52. The van der Waals surface area contributed by atoms with Gasteiger partial charge in [0.1, 0.15) is 0 Å². The fraction of sp³-hybridized carbons (Fsp3) is 0.308. The van der Waals surface area contributed by atoms with Crippen LogP contribution < -0.4 is 5.32 Å². The molecule has 2 aromatic rings. The summed E-state index contributed by atoms with van der Waals surface area (Å²) < 4.78 is 1.16. The molecule has 1 unspecified atom stereocenters. The highest BCUT2D eigenvalue weighted by Crippen LogP contribution is 2.33. The van der Waals surface area contributed by atoms with E-state index in [9.17, 15) is 0 Å². The maximum atomic E-state index is 4.24. The SMILES string of the molecule is CCNC(c1cnccc1C)c1sccc1Br. The topological polar surface area (TPSA) is 24.9 Å². The van der Waals surface area contributed by atoms with E-state index >= 15 is 0 Å². The number of aryl methyl sites for hydroxylation is 1. The average molecular weight is 311 g/mol. The van der Waals surface area contributed by atoms with Crippen LogP contribution in [0.4, 0.5) is 0 Å². The van der Waals surface area contributed by atoms with Gasteiger partial charge in [0.15, 0.2) is 0 Å². The monoisotopic (exact) mass is 310 g/mol. The third kappa shape index (κ3) is 2.76. The first-order chi connectivity index (χ1) is 8.24. The number of aromatic nitrogens is 1. The van der Waals surface area contributed by atoms with Gasteiger partial charge in [-0.25, -0.2) is 0 Å². The molecule has 2 rings (SSSR count). The lowest BCUT2D eigenvalue weighted by Crippen LogP contribution is -2.22. The highest BCUT2D eigenvalue weighted by atomic mass is 79.9. The molecule has 0 fully saturated rings. The Morgan fingerprint density at radius 1 is 1.47 bits per heavy atom. The van der Waals surface area contributed by atoms with Crippen molar-refractivity contribution in [2.45, 2.75) is 19.9 Å². The fourth-order valence-corrected chi connectivity index (χ4v) is 3.53. The summed E-state index contributed by atoms with van der Waals surface area (Å²) >= 11 is 5.37. The van der Waals surface area contributed by atoms with Gasteiger partial charge >= 0.3 is 0 Å². The van der Waals surface area contributed by atoms with E-state index in [0.717, 1.165) is 11.0 Å². The molecular formula is C13H15BrN2S.